The number of hydrogen-bond donors (Lipinski definition) is 4. The summed E-state index contributed by atoms with van der Waals surface area (Å²) in [6.07, 6.45) is 1.44. The zero-order valence-electron chi connectivity index (χ0n) is 17.1. The molecule has 0 fully saturated rings. The second-order valence-electron chi connectivity index (χ2n) is 6.53. The molecule has 4 N–H and O–H groups in total. The van der Waals surface area contributed by atoms with Crippen LogP contribution in [0.2, 0.25) is 5.02 Å². The van der Waals surface area contributed by atoms with Crippen molar-refractivity contribution < 1.29 is 19.4 Å². The summed E-state index contributed by atoms with van der Waals surface area (Å²) in [7, 11) is 0. The summed E-state index contributed by atoms with van der Waals surface area (Å²) >= 11 is 5.90. The largest absolute Gasteiger partial charge is 0.504 e. The fourth-order valence-corrected chi connectivity index (χ4v) is 2.87. The van der Waals surface area contributed by atoms with Crippen molar-refractivity contribution in [1.29, 1.82) is 0 Å². The van der Waals surface area contributed by atoms with Crippen LogP contribution in [0.25, 0.3) is 0 Å². The molecular formula is C23H21ClN4O4. The lowest BCUT2D eigenvalue weighted by Gasteiger charge is -2.08. The van der Waals surface area contributed by atoms with E-state index < -0.39 is 11.9 Å². The predicted octanol–water partition coefficient (Wildman–Crippen LogP) is 4.85. The molecule has 164 valence electrons. The van der Waals surface area contributed by atoms with Crippen molar-refractivity contribution in [2.24, 2.45) is 5.10 Å². The first-order chi connectivity index (χ1) is 15.4. The third-order valence-electron chi connectivity index (χ3n) is 4.15. The highest BCUT2D eigenvalue weighted by atomic mass is 35.5. The molecule has 3 aromatic carbocycles. The first kappa shape index (κ1) is 22.6. The third kappa shape index (κ3) is 6.48. The summed E-state index contributed by atoms with van der Waals surface area (Å²) in [4.78, 5) is 24.3. The lowest BCUT2D eigenvalue weighted by Crippen LogP contribution is -2.20. The average molecular weight is 453 g/mol. The fourth-order valence-electron chi connectivity index (χ4n) is 2.68. The minimum Gasteiger partial charge on any atom is -0.504 e. The molecule has 32 heavy (non-hydrogen) atoms. The maximum absolute atomic E-state index is 12.3. The topological polar surface area (TPSA) is 112 Å². The number of carbonyl (C=O) groups excluding carboxylic acids is 2. The maximum Gasteiger partial charge on any atom is 0.323 e. The number of ether oxygens (including phenoxy) is 1. The number of nitrogens with one attached hydrogen (secondary N) is 3. The number of nitrogens with zero attached hydrogens (tertiary/aromatic N) is 1. The number of carbonyl (C=O) groups is 2. The quantitative estimate of drug-likeness (QED) is 0.303. The van der Waals surface area contributed by atoms with Gasteiger partial charge in [0.05, 0.1) is 12.8 Å². The molecule has 0 saturated carbocycles. The van der Waals surface area contributed by atoms with Crippen LogP contribution in [0.1, 0.15) is 22.8 Å². The number of halogens is 1. The summed E-state index contributed by atoms with van der Waals surface area (Å²) < 4.78 is 5.31. The van der Waals surface area contributed by atoms with Gasteiger partial charge in [0.2, 0.25) is 0 Å². The van der Waals surface area contributed by atoms with Crippen LogP contribution in [0.15, 0.2) is 71.8 Å². The van der Waals surface area contributed by atoms with Crippen LogP contribution in [0.3, 0.4) is 0 Å². The number of hydrogen-bond acceptors (Lipinski definition) is 5. The van der Waals surface area contributed by atoms with E-state index in [1.807, 2.05) is 6.92 Å². The first-order valence-electron chi connectivity index (χ1n) is 9.67. The summed E-state index contributed by atoms with van der Waals surface area (Å²) in [5.41, 5.74) is 4.51. The molecule has 0 spiro atoms. The monoisotopic (exact) mass is 452 g/mol. The van der Waals surface area contributed by atoms with Gasteiger partial charge in [0.15, 0.2) is 11.5 Å². The summed E-state index contributed by atoms with van der Waals surface area (Å²) in [5, 5.41) is 19.5. The molecule has 3 aromatic rings. The van der Waals surface area contributed by atoms with Gasteiger partial charge in [-0.2, -0.15) is 5.10 Å². The van der Waals surface area contributed by atoms with E-state index in [2.05, 4.69) is 21.2 Å². The predicted molar refractivity (Wildman–Crippen MR) is 125 cm³/mol. The SMILES string of the molecule is CCOc1cc(/C=N/NC(=O)c2ccc(NC(=O)Nc3cccc(Cl)c3)cc2)ccc1O. The Bertz CT molecular complexity index is 1130. The molecule has 0 aliphatic heterocycles. The van der Waals surface area contributed by atoms with Crippen molar-refractivity contribution in [2.75, 3.05) is 17.2 Å². The van der Waals surface area contributed by atoms with E-state index in [0.29, 0.717) is 39.9 Å². The first-order valence-corrected chi connectivity index (χ1v) is 10.0. The highest BCUT2D eigenvalue weighted by molar-refractivity contribution is 6.30. The second kappa shape index (κ2) is 10.8. The number of phenols is 1. The van der Waals surface area contributed by atoms with Gasteiger partial charge in [0.25, 0.3) is 5.91 Å². The molecule has 0 unspecified atom stereocenters. The summed E-state index contributed by atoms with van der Waals surface area (Å²) in [6, 6.07) is 17.4. The van der Waals surface area contributed by atoms with Crippen molar-refractivity contribution in [1.82, 2.24) is 5.43 Å². The van der Waals surface area contributed by atoms with Crippen molar-refractivity contribution in [3.8, 4) is 11.5 Å². The number of urea groups is 1. The van der Waals surface area contributed by atoms with Gasteiger partial charge in [-0.05, 0) is 73.2 Å². The zero-order valence-corrected chi connectivity index (χ0v) is 17.9. The van der Waals surface area contributed by atoms with Gasteiger partial charge in [-0.25, -0.2) is 10.2 Å². The Kier molecular flexibility index (Phi) is 7.66. The Hall–Kier alpha value is -4.04. The van der Waals surface area contributed by atoms with Gasteiger partial charge in [-0.3, -0.25) is 4.79 Å². The zero-order chi connectivity index (χ0) is 22.9. The second-order valence-corrected chi connectivity index (χ2v) is 6.96. The Labute approximate surface area is 189 Å². The number of rotatable bonds is 7. The van der Waals surface area contributed by atoms with E-state index in [4.69, 9.17) is 16.3 Å². The van der Waals surface area contributed by atoms with E-state index >= 15 is 0 Å². The number of benzene rings is 3. The number of amides is 3. The Morgan fingerprint density at radius 1 is 1.03 bits per heavy atom. The van der Waals surface area contributed by atoms with Crippen LogP contribution in [0, 0.1) is 0 Å². The minimum atomic E-state index is -0.436. The standard InChI is InChI=1S/C23H21ClN4O4/c1-2-32-21-12-15(6-11-20(21)29)14-25-28-22(30)16-7-9-18(10-8-16)26-23(31)27-19-5-3-4-17(24)13-19/h3-14,29H,2H2,1H3,(H,28,30)(H2,26,27,31)/b25-14+. The van der Waals surface area contributed by atoms with Crippen molar-refractivity contribution in [2.45, 2.75) is 6.92 Å². The molecule has 3 rings (SSSR count). The van der Waals surface area contributed by atoms with E-state index in [9.17, 15) is 14.7 Å². The molecule has 8 nitrogen and oxygen atoms in total. The molecule has 0 aromatic heterocycles. The Balaban J connectivity index is 1.54. The summed E-state index contributed by atoms with van der Waals surface area (Å²) in [6.45, 7) is 2.23. The van der Waals surface area contributed by atoms with Crippen molar-refractivity contribution >= 4 is 41.1 Å². The molecule has 0 aliphatic carbocycles. The van der Waals surface area contributed by atoms with E-state index in [-0.39, 0.29) is 5.75 Å². The van der Waals surface area contributed by atoms with Crippen LogP contribution in [-0.2, 0) is 0 Å². The molecule has 0 atom stereocenters. The van der Waals surface area contributed by atoms with Gasteiger partial charge in [-0.15, -0.1) is 0 Å². The van der Waals surface area contributed by atoms with Crippen LogP contribution < -0.4 is 20.8 Å². The van der Waals surface area contributed by atoms with Crippen molar-refractivity contribution in [3.63, 3.8) is 0 Å². The average Bonchev–Trinajstić information content (AvgIpc) is 2.76. The lowest BCUT2D eigenvalue weighted by atomic mass is 10.2. The number of aromatic hydroxyl groups is 1. The number of anilines is 2. The molecular weight excluding hydrogens is 432 g/mol. The van der Waals surface area contributed by atoms with Crippen LogP contribution >= 0.6 is 11.6 Å². The maximum atomic E-state index is 12.3. The van der Waals surface area contributed by atoms with Crippen LogP contribution in [-0.4, -0.2) is 29.9 Å². The molecule has 9 heteroatoms. The smallest absolute Gasteiger partial charge is 0.323 e. The van der Waals surface area contributed by atoms with Crippen LogP contribution in [0.4, 0.5) is 16.2 Å². The van der Waals surface area contributed by atoms with Gasteiger partial charge in [0, 0.05) is 22.0 Å². The van der Waals surface area contributed by atoms with E-state index in [1.165, 1.54) is 12.3 Å². The van der Waals surface area contributed by atoms with Gasteiger partial charge in [0.1, 0.15) is 0 Å². The van der Waals surface area contributed by atoms with Crippen molar-refractivity contribution in [3.05, 3.63) is 82.9 Å². The van der Waals surface area contributed by atoms with Gasteiger partial charge in [-0.1, -0.05) is 17.7 Å². The molecule has 0 heterocycles. The normalized spacial score (nSPS) is 10.6. The summed E-state index contributed by atoms with van der Waals surface area (Å²) in [5.74, 6) is -0.0479. The van der Waals surface area contributed by atoms with Crippen LogP contribution in [0.5, 0.6) is 11.5 Å². The molecule has 0 bridgehead atoms. The molecule has 3 amide bonds. The number of phenolic OH excluding ortho intramolecular Hbond substituents is 1. The van der Waals surface area contributed by atoms with Gasteiger partial charge < -0.3 is 20.5 Å². The lowest BCUT2D eigenvalue weighted by molar-refractivity contribution is 0.0955. The fraction of sp³-hybridized carbons (Fsp3) is 0.0870. The van der Waals surface area contributed by atoms with E-state index in [1.54, 1.807) is 60.7 Å². The molecule has 0 saturated heterocycles. The molecule has 0 radical (unpaired) electrons. The third-order valence-corrected chi connectivity index (χ3v) is 4.39. The molecule has 0 aliphatic rings. The Morgan fingerprint density at radius 2 is 1.78 bits per heavy atom. The number of hydrazone groups is 1. The minimum absolute atomic E-state index is 0.0305. The van der Waals surface area contributed by atoms with Gasteiger partial charge >= 0.3 is 6.03 Å². The van der Waals surface area contributed by atoms with E-state index in [0.717, 1.165) is 0 Å². The Morgan fingerprint density at radius 3 is 2.50 bits per heavy atom. The highest BCUT2D eigenvalue weighted by Gasteiger charge is 2.07. The highest BCUT2D eigenvalue weighted by Crippen LogP contribution is 2.26.